The standard InChI is InChI=1S/C23H24O3/c1-16(2)18-10-12-21(13-11-18)26-23(3,22(24)25)15-17-8-9-19-6-4-5-7-20(19)14-17/h4-14,16H,15H2,1-3H3,(H,24,25). The Bertz CT molecular complexity index is 912. The van der Waals surface area contributed by atoms with E-state index in [1.807, 2.05) is 66.7 Å². The fourth-order valence-electron chi connectivity index (χ4n) is 3.07. The van der Waals surface area contributed by atoms with Crippen molar-refractivity contribution in [2.75, 3.05) is 0 Å². The number of benzene rings is 3. The lowest BCUT2D eigenvalue weighted by Gasteiger charge is -2.27. The molecule has 3 aromatic carbocycles. The summed E-state index contributed by atoms with van der Waals surface area (Å²) in [4.78, 5) is 11.9. The van der Waals surface area contributed by atoms with Crippen molar-refractivity contribution >= 4 is 16.7 Å². The van der Waals surface area contributed by atoms with Crippen molar-refractivity contribution in [3.8, 4) is 5.75 Å². The van der Waals surface area contributed by atoms with Gasteiger partial charge in [-0.15, -0.1) is 0 Å². The van der Waals surface area contributed by atoms with E-state index >= 15 is 0 Å². The average molecular weight is 348 g/mol. The van der Waals surface area contributed by atoms with Gasteiger partial charge in [0.15, 0.2) is 0 Å². The third kappa shape index (κ3) is 3.88. The Hall–Kier alpha value is -2.81. The van der Waals surface area contributed by atoms with E-state index in [1.54, 1.807) is 6.92 Å². The maximum atomic E-state index is 11.9. The number of carboxylic acid groups (broad SMARTS) is 1. The van der Waals surface area contributed by atoms with Crippen molar-refractivity contribution in [3.05, 3.63) is 77.9 Å². The second kappa shape index (κ2) is 7.20. The number of carboxylic acids is 1. The summed E-state index contributed by atoms with van der Waals surface area (Å²) < 4.78 is 5.91. The number of fused-ring (bicyclic) bond motifs is 1. The SMILES string of the molecule is CC(C)c1ccc(OC(C)(Cc2ccc3ccccc3c2)C(=O)O)cc1. The first-order chi connectivity index (χ1) is 12.4. The monoisotopic (exact) mass is 348 g/mol. The van der Waals surface area contributed by atoms with Crippen LogP contribution in [0.1, 0.15) is 37.8 Å². The fraction of sp³-hybridized carbons (Fsp3) is 0.261. The largest absolute Gasteiger partial charge is 0.478 e. The van der Waals surface area contributed by atoms with Crippen LogP contribution in [0.3, 0.4) is 0 Å². The van der Waals surface area contributed by atoms with Gasteiger partial charge in [0.25, 0.3) is 0 Å². The lowest BCUT2D eigenvalue weighted by molar-refractivity contribution is -0.153. The Morgan fingerprint density at radius 2 is 1.65 bits per heavy atom. The van der Waals surface area contributed by atoms with Crippen molar-refractivity contribution in [1.29, 1.82) is 0 Å². The van der Waals surface area contributed by atoms with Crippen molar-refractivity contribution in [1.82, 2.24) is 0 Å². The zero-order valence-electron chi connectivity index (χ0n) is 15.4. The highest BCUT2D eigenvalue weighted by Crippen LogP contribution is 2.26. The van der Waals surface area contributed by atoms with Crippen LogP contribution in [0.25, 0.3) is 10.8 Å². The zero-order valence-corrected chi connectivity index (χ0v) is 15.4. The molecule has 3 nitrogen and oxygen atoms in total. The van der Waals surface area contributed by atoms with E-state index in [4.69, 9.17) is 4.74 Å². The molecule has 3 heteroatoms. The molecule has 0 aliphatic rings. The summed E-state index contributed by atoms with van der Waals surface area (Å²) in [7, 11) is 0. The summed E-state index contributed by atoms with van der Waals surface area (Å²) in [5.41, 5.74) is 0.804. The highest BCUT2D eigenvalue weighted by molar-refractivity contribution is 5.83. The van der Waals surface area contributed by atoms with Gasteiger partial charge in [-0.2, -0.15) is 0 Å². The van der Waals surface area contributed by atoms with E-state index in [0.717, 1.165) is 16.3 Å². The highest BCUT2D eigenvalue weighted by atomic mass is 16.5. The molecular weight excluding hydrogens is 324 g/mol. The second-order valence-electron chi connectivity index (χ2n) is 7.22. The number of hydrogen-bond acceptors (Lipinski definition) is 2. The van der Waals surface area contributed by atoms with Gasteiger partial charge in [0.1, 0.15) is 5.75 Å². The van der Waals surface area contributed by atoms with Gasteiger partial charge in [-0.25, -0.2) is 4.79 Å². The molecule has 0 saturated carbocycles. The van der Waals surface area contributed by atoms with Gasteiger partial charge in [0.05, 0.1) is 0 Å². The fourth-order valence-corrected chi connectivity index (χ4v) is 3.07. The van der Waals surface area contributed by atoms with Crippen LogP contribution in [0.15, 0.2) is 66.7 Å². The summed E-state index contributed by atoms with van der Waals surface area (Å²) in [6.45, 7) is 5.87. The molecule has 1 N–H and O–H groups in total. The predicted molar refractivity (Wildman–Crippen MR) is 105 cm³/mol. The summed E-state index contributed by atoms with van der Waals surface area (Å²) in [6, 6.07) is 21.7. The number of hydrogen-bond donors (Lipinski definition) is 1. The quantitative estimate of drug-likeness (QED) is 0.646. The van der Waals surface area contributed by atoms with Gasteiger partial charge in [-0.05, 0) is 46.9 Å². The van der Waals surface area contributed by atoms with Gasteiger partial charge in [-0.1, -0.05) is 68.4 Å². The minimum absolute atomic E-state index is 0.291. The molecule has 0 spiro atoms. The van der Waals surface area contributed by atoms with Crippen LogP contribution in [0, 0.1) is 0 Å². The first-order valence-electron chi connectivity index (χ1n) is 8.87. The lowest BCUT2D eigenvalue weighted by Crippen LogP contribution is -2.43. The second-order valence-corrected chi connectivity index (χ2v) is 7.22. The molecule has 1 atom stereocenters. The number of rotatable bonds is 6. The highest BCUT2D eigenvalue weighted by Gasteiger charge is 2.36. The average Bonchev–Trinajstić information content (AvgIpc) is 2.62. The van der Waals surface area contributed by atoms with Gasteiger partial charge >= 0.3 is 5.97 Å². The molecule has 0 heterocycles. The van der Waals surface area contributed by atoms with Gasteiger partial charge in [0.2, 0.25) is 5.60 Å². The molecule has 0 aromatic heterocycles. The summed E-state index contributed by atoms with van der Waals surface area (Å²) in [6.07, 6.45) is 0.291. The molecular formula is C23H24O3. The molecule has 134 valence electrons. The Morgan fingerprint density at radius 1 is 1.00 bits per heavy atom. The zero-order chi connectivity index (χ0) is 18.7. The predicted octanol–water partition coefficient (Wildman–Crippen LogP) is 5.43. The maximum Gasteiger partial charge on any atom is 0.348 e. The van der Waals surface area contributed by atoms with E-state index in [9.17, 15) is 9.90 Å². The molecule has 0 saturated heterocycles. The van der Waals surface area contributed by atoms with Crippen LogP contribution < -0.4 is 4.74 Å². The minimum Gasteiger partial charge on any atom is -0.478 e. The normalized spacial score (nSPS) is 13.5. The molecule has 1 unspecified atom stereocenters. The first kappa shape index (κ1) is 18.0. The van der Waals surface area contributed by atoms with Gasteiger partial charge in [0, 0.05) is 6.42 Å². The Morgan fingerprint density at radius 3 is 2.27 bits per heavy atom. The van der Waals surface area contributed by atoms with Gasteiger partial charge < -0.3 is 9.84 Å². The van der Waals surface area contributed by atoms with Crippen LogP contribution in [0.5, 0.6) is 5.75 Å². The van der Waals surface area contributed by atoms with E-state index in [1.165, 1.54) is 5.56 Å². The number of ether oxygens (including phenoxy) is 1. The van der Waals surface area contributed by atoms with E-state index in [-0.39, 0.29) is 0 Å². The van der Waals surface area contributed by atoms with E-state index < -0.39 is 11.6 Å². The van der Waals surface area contributed by atoms with Gasteiger partial charge in [-0.3, -0.25) is 0 Å². The summed E-state index contributed by atoms with van der Waals surface area (Å²) in [5.74, 6) is 0.0196. The topological polar surface area (TPSA) is 46.5 Å². The van der Waals surface area contributed by atoms with Crippen molar-refractivity contribution in [2.24, 2.45) is 0 Å². The number of carbonyl (C=O) groups is 1. The molecule has 26 heavy (non-hydrogen) atoms. The molecule has 0 radical (unpaired) electrons. The molecule has 0 bridgehead atoms. The smallest absolute Gasteiger partial charge is 0.348 e. The van der Waals surface area contributed by atoms with Crippen molar-refractivity contribution in [3.63, 3.8) is 0 Å². The third-order valence-corrected chi connectivity index (χ3v) is 4.70. The third-order valence-electron chi connectivity index (χ3n) is 4.70. The van der Waals surface area contributed by atoms with Crippen LogP contribution in [-0.2, 0) is 11.2 Å². The van der Waals surface area contributed by atoms with Crippen molar-refractivity contribution in [2.45, 2.75) is 38.7 Å². The maximum absolute atomic E-state index is 11.9. The number of aliphatic carboxylic acids is 1. The Labute approximate surface area is 154 Å². The molecule has 0 fully saturated rings. The molecule has 3 rings (SSSR count). The Balaban J connectivity index is 1.85. The molecule has 0 amide bonds. The van der Waals surface area contributed by atoms with Crippen LogP contribution >= 0.6 is 0 Å². The van der Waals surface area contributed by atoms with Crippen LogP contribution in [-0.4, -0.2) is 16.7 Å². The minimum atomic E-state index is -1.33. The summed E-state index contributed by atoms with van der Waals surface area (Å²) in [5, 5.41) is 12.0. The van der Waals surface area contributed by atoms with Crippen LogP contribution in [0.2, 0.25) is 0 Å². The Kier molecular flexibility index (Phi) is 4.99. The van der Waals surface area contributed by atoms with E-state index in [0.29, 0.717) is 18.1 Å². The van der Waals surface area contributed by atoms with E-state index in [2.05, 4.69) is 13.8 Å². The van der Waals surface area contributed by atoms with Crippen molar-refractivity contribution < 1.29 is 14.6 Å². The molecule has 0 aliphatic carbocycles. The summed E-state index contributed by atoms with van der Waals surface area (Å²) >= 11 is 0. The van der Waals surface area contributed by atoms with Crippen LogP contribution in [0.4, 0.5) is 0 Å². The first-order valence-corrected chi connectivity index (χ1v) is 8.87. The lowest BCUT2D eigenvalue weighted by atomic mass is 9.94. The molecule has 0 aliphatic heterocycles. The molecule has 3 aromatic rings.